The largest absolute Gasteiger partial charge is 0.342 e. The lowest BCUT2D eigenvalue weighted by atomic mass is 10.0. The van der Waals surface area contributed by atoms with Crippen LogP contribution in [0.1, 0.15) is 23.6 Å². The summed E-state index contributed by atoms with van der Waals surface area (Å²) in [7, 11) is 0. The van der Waals surface area contributed by atoms with Gasteiger partial charge in [0.1, 0.15) is 5.82 Å². The predicted molar refractivity (Wildman–Crippen MR) is 101 cm³/mol. The minimum Gasteiger partial charge on any atom is -0.342 e. The molecule has 1 fully saturated rings. The molecule has 1 amide bonds. The average Bonchev–Trinajstić information content (AvgIpc) is 3.29. The van der Waals surface area contributed by atoms with Crippen molar-refractivity contribution in [1.29, 1.82) is 0 Å². The van der Waals surface area contributed by atoms with E-state index >= 15 is 0 Å². The highest BCUT2D eigenvalue weighted by molar-refractivity contribution is 5.81. The molecule has 1 aromatic carbocycles. The van der Waals surface area contributed by atoms with E-state index in [2.05, 4.69) is 4.98 Å². The Morgan fingerprint density at radius 1 is 1.26 bits per heavy atom. The molecule has 1 aliphatic heterocycles. The summed E-state index contributed by atoms with van der Waals surface area (Å²) < 4.78 is 15.7. The van der Waals surface area contributed by atoms with E-state index in [1.54, 1.807) is 29.3 Å². The quantitative estimate of drug-likeness (QED) is 0.749. The first kappa shape index (κ1) is 17.6. The summed E-state index contributed by atoms with van der Waals surface area (Å²) in [5.41, 5.74) is 7.92. The van der Waals surface area contributed by atoms with Gasteiger partial charge in [-0.25, -0.2) is 14.1 Å². The predicted octanol–water partition coefficient (Wildman–Crippen LogP) is 2.09. The number of benzene rings is 1. The van der Waals surface area contributed by atoms with Crippen LogP contribution in [0.15, 0.2) is 42.6 Å². The van der Waals surface area contributed by atoms with Crippen molar-refractivity contribution in [2.24, 2.45) is 5.73 Å². The maximum atomic E-state index is 13.8. The van der Waals surface area contributed by atoms with Crippen LogP contribution in [0.25, 0.3) is 11.0 Å². The minimum absolute atomic E-state index is 0.0496. The molecule has 6 nitrogen and oxygen atoms in total. The van der Waals surface area contributed by atoms with Gasteiger partial charge in [0, 0.05) is 37.1 Å². The van der Waals surface area contributed by atoms with E-state index in [0.717, 1.165) is 23.1 Å². The van der Waals surface area contributed by atoms with Gasteiger partial charge in [0.05, 0.1) is 18.7 Å². The lowest BCUT2D eigenvalue weighted by Gasteiger charge is -2.16. The van der Waals surface area contributed by atoms with Crippen LogP contribution in [-0.2, 0) is 17.8 Å². The normalized spacial score (nSPS) is 17.0. The molecule has 4 rings (SSSR count). The zero-order valence-corrected chi connectivity index (χ0v) is 15.0. The van der Waals surface area contributed by atoms with Crippen LogP contribution < -0.4 is 5.73 Å². The standard InChI is InChI=1S/C20H22FN5O/c21-17-6-2-1-4-14(17)12-18(27)25-10-7-15(13-25)19-16-5-3-9-23-20(16)26(24-19)11-8-22/h1-6,9,15H,7-8,10-13,22H2/t15-/m1/s1. The van der Waals surface area contributed by atoms with Crippen molar-refractivity contribution >= 4 is 16.9 Å². The number of fused-ring (bicyclic) bond motifs is 1. The van der Waals surface area contributed by atoms with E-state index in [9.17, 15) is 9.18 Å². The van der Waals surface area contributed by atoms with Crippen LogP contribution in [0.4, 0.5) is 4.39 Å². The Kier molecular flexibility index (Phi) is 4.85. The monoisotopic (exact) mass is 367 g/mol. The van der Waals surface area contributed by atoms with Crippen molar-refractivity contribution in [3.8, 4) is 0 Å². The number of halogens is 1. The first-order valence-electron chi connectivity index (χ1n) is 9.20. The molecule has 0 bridgehead atoms. The Hall–Kier alpha value is -2.80. The summed E-state index contributed by atoms with van der Waals surface area (Å²) in [6.07, 6.45) is 2.68. The molecular weight excluding hydrogens is 345 g/mol. The van der Waals surface area contributed by atoms with Gasteiger partial charge >= 0.3 is 0 Å². The van der Waals surface area contributed by atoms with Crippen molar-refractivity contribution in [2.45, 2.75) is 25.3 Å². The molecule has 0 aliphatic carbocycles. The smallest absolute Gasteiger partial charge is 0.227 e. The number of nitrogens with two attached hydrogens (primary N) is 1. The van der Waals surface area contributed by atoms with E-state index in [1.807, 2.05) is 16.8 Å². The molecule has 3 heterocycles. The number of hydrogen-bond acceptors (Lipinski definition) is 4. The Morgan fingerprint density at radius 3 is 2.93 bits per heavy atom. The summed E-state index contributed by atoms with van der Waals surface area (Å²) in [6.45, 7) is 2.35. The SMILES string of the molecule is NCCn1nc([C@@H]2CCN(C(=O)Cc3ccccc3F)C2)c2cccnc21. The van der Waals surface area contributed by atoms with Crippen LogP contribution in [0.2, 0.25) is 0 Å². The molecule has 140 valence electrons. The van der Waals surface area contributed by atoms with Gasteiger partial charge in [-0.05, 0) is 30.2 Å². The maximum Gasteiger partial charge on any atom is 0.227 e. The van der Waals surface area contributed by atoms with Gasteiger partial charge < -0.3 is 10.6 Å². The summed E-state index contributed by atoms with van der Waals surface area (Å²) in [5.74, 6) is -0.231. The van der Waals surface area contributed by atoms with Crippen molar-refractivity contribution in [3.05, 3.63) is 59.7 Å². The summed E-state index contributed by atoms with van der Waals surface area (Å²) in [5, 5.41) is 5.74. The average molecular weight is 367 g/mol. The molecule has 0 spiro atoms. The highest BCUT2D eigenvalue weighted by Gasteiger charge is 2.31. The van der Waals surface area contributed by atoms with Gasteiger partial charge in [0.15, 0.2) is 5.65 Å². The third-order valence-corrected chi connectivity index (χ3v) is 5.10. The van der Waals surface area contributed by atoms with E-state index in [4.69, 9.17) is 10.8 Å². The number of aromatic nitrogens is 3. The van der Waals surface area contributed by atoms with Crippen LogP contribution in [0, 0.1) is 5.82 Å². The number of rotatable bonds is 5. The molecule has 1 aliphatic rings. The Morgan fingerprint density at radius 2 is 2.11 bits per heavy atom. The fourth-order valence-electron chi connectivity index (χ4n) is 3.74. The van der Waals surface area contributed by atoms with Crippen molar-refractivity contribution in [3.63, 3.8) is 0 Å². The highest BCUT2D eigenvalue weighted by atomic mass is 19.1. The van der Waals surface area contributed by atoms with Crippen LogP contribution >= 0.6 is 0 Å². The molecule has 0 saturated carbocycles. The molecule has 27 heavy (non-hydrogen) atoms. The second kappa shape index (κ2) is 7.44. The summed E-state index contributed by atoms with van der Waals surface area (Å²) in [6, 6.07) is 10.3. The molecule has 2 aromatic heterocycles. The van der Waals surface area contributed by atoms with Gasteiger partial charge in [-0.2, -0.15) is 5.10 Å². The van der Waals surface area contributed by atoms with E-state index in [1.165, 1.54) is 6.07 Å². The Labute approximate surface area is 156 Å². The molecule has 0 radical (unpaired) electrons. The lowest BCUT2D eigenvalue weighted by Crippen LogP contribution is -2.30. The molecule has 2 N–H and O–H groups in total. The number of nitrogens with zero attached hydrogens (tertiary/aromatic N) is 4. The van der Waals surface area contributed by atoms with E-state index in [-0.39, 0.29) is 24.1 Å². The third kappa shape index (κ3) is 3.42. The van der Waals surface area contributed by atoms with Crippen molar-refractivity contribution < 1.29 is 9.18 Å². The number of carbonyl (C=O) groups is 1. The Balaban J connectivity index is 1.52. The molecule has 7 heteroatoms. The third-order valence-electron chi connectivity index (χ3n) is 5.10. The number of amides is 1. The van der Waals surface area contributed by atoms with Gasteiger partial charge in [-0.1, -0.05) is 18.2 Å². The van der Waals surface area contributed by atoms with E-state index in [0.29, 0.717) is 31.7 Å². The second-order valence-corrected chi connectivity index (χ2v) is 6.87. The van der Waals surface area contributed by atoms with E-state index < -0.39 is 0 Å². The highest BCUT2D eigenvalue weighted by Crippen LogP contribution is 2.31. The summed E-state index contributed by atoms with van der Waals surface area (Å²) >= 11 is 0. The van der Waals surface area contributed by atoms with Crippen LogP contribution in [0.3, 0.4) is 0 Å². The van der Waals surface area contributed by atoms with Gasteiger partial charge in [0.25, 0.3) is 0 Å². The first-order valence-corrected chi connectivity index (χ1v) is 9.20. The molecule has 0 unspecified atom stereocenters. The maximum absolute atomic E-state index is 13.8. The van der Waals surface area contributed by atoms with Gasteiger partial charge in [0.2, 0.25) is 5.91 Å². The Bertz CT molecular complexity index is 970. The number of likely N-dealkylation sites (tertiary alicyclic amines) is 1. The summed E-state index contributed by atoms with van der Waals surface area (Å²) in [4.78, 5) is 18.9. The zero-order chi connectivity index (χ0) is 18.8. The minimum atomic E-state index is -0.334. The van der Waals surface area contributed by atoms with Gasteiger partial charge in [-0.15, -0.1) is 0 Å². The number of hydrogen-bond donors (Lipinski definition) is 1. The van der Waals surface area contributed by atoms with Crippen LogP contribution in [-0.4, -0.2) is 45.2 Å². The number of pyridine rings is 1. The fraction of sp³-hybridized carbons (Fsp3) is 0.350. The van der Waals surface area contributed by atoms with Crippen molar-refractivity contribution in [1.82, 2.24) is 19.7 Å². The number of carbonyl (C=O) groups excluding carboxylic acids is 1. The molecule has 1 atom stereocenters. The molecule has 1 saturated heterocycles. The van der Waals surface area contributed by atoms with Gasteiger partial charge in [-0.3, -0.25) is 4.79 Å². The zero-order valence-electron chi connectivity index (χ0n) is 15.0. The first-order chi connectivity index (χ1) is 13.2. The van der Waals surface area contributed by atoms with Crippen LogP contribution in [0.5, 0.6) is 0 Å². The lowest BCUT2D eigenvalue weighted by molar-refractivity contribution is -0.129. The second-order valence-electron chi connectivity index (χ2n) is 6.87. The molecule has 3 aromatic rings. The van der Waals surface area contributed by atoms with Crippen molar-refractivity contribution in [2.75, 3.05) is 19.6 Å². The fourth-order valence-corrected chi connectivity index (χ4v) is 3.74. The topological polar surface area (TPSA) is 77.0 Å². The molecular formula is C20H22FN5O.